The summed E-state index contributed by atoms with van der Waals surface area (Å²) in [6, 6.07) is 0. The van der Waals surface area contributed by atoms with Gasteiger partial charge in [0.25, 0.3) is 0 Å². The molecule has 13 heavy (non-hydrogen) atoms. The highest BCUT2D eigenvalue weighted by Crippen LogP contribution is 2.22. The van der Waals surface area contributed by atoms with E-state index in [-0.39, 0.29) is 12.5 Å². The minimum absolute atomic E-state index is 0.278. The number of hydrogen-bond donors (Lipinski definition) is 2. The zero-order valence-corrected chi connectivity index (χ0v) is 8.82. The van der Waals surface area contributed by atoms with Gasteiger partial charge in [-0.05, 0) is 12.8 Å². The Bertz CT molecular complexity index is 162. The molecule has 1 fully saturated rings. The fraction of sp³-hybridized carbons (Fsp3) is 1.00. The summed E-state index contributed by atoms with van der Waals surface area (Å²) >= 11 is 0. The molecule has 0 bridgehead atoms. The van der Waals surface area contributed by atoms with Crippen molar-refractivity contribution in [1.29, 1.82) is 0 Å². The number of aliphatic hydroxyl groups is 2. The van der Waals surface area contributed by atoms with E-state index < -0.39 is 5.60 Å². The third kappa shape index (κ3) is 2.66. The van der Waals surface area contributed by atoms with E-state index in [0.717, 1.165) is 19.6 Å². The minimum Gasteiger partial charge on any atom is -0.396 e. The molecule has 2 N–H and O–H groups in total. The molecule has 0 saturated carbocycles. The van der Waals surface area contributed by atoms with E-state index in [1.807, 2.05) is 20.8 Å². The van der Waals surface area contributed by atoms with E-state index in [0.29, 0.717) is 5.92 Å². The predicted octanol–water partition coefficient (Wildman–Crippen LogP) is 0.317. The first-order valence-electron chi connectivity index (χ1n) is 5.01. The summed E-state index contributed by atoms with van der Waals surface area (Å²) in [7, 11) is 0. The van der Waals surface area contributed by atoms with Crippen LogP contribution in [0.3, 0.4) is 0 Å². The Morgan fingerprint density at radius 2 is 2.00 bits per heavy atom. The molecule has 0 aromatic rings. The van der Waals surface area contributed by atoms with E-state index in [9.17, 15) is 5.11 Å². The Labute approximate surface area is 80.4 Å². The van der Waals surface area contributed by atoms with Gasteiger partial charge < -0.3 is 10.2 Å². The SMILES string of the molecule is CC(C)C(C)(O)CN1CC(CO)C1. The lowest BCUT2D eigenvalue weighted by atomic mass is 9.89. The molecule has 1 heterocycles. The van der Waals surface area contributed by atoms with E-state index in [4.69, 9.17) is 5.11 Å². The number of aliphatic hydroxyl groups excluding tert-OH is 1. The molecule has 0 spiro atoms. The molecule has 0 radical (unpaired) electrons. The molecule has 0 aromatic carbocycles. The largest absolute Gasteiger partial charge is 0.396 e. The Kier molecular flexibility index (Phi) is 3.33. The third-order valence-electron chi connectivity index (χ3n) is 3.08. The van der Waals surface area contributed by atoms with Gasteiger partial charge >= 0.3 is 0 Å². The van der Waals surface area contributed by atoms with Crippen molar-refractivity contribution in [1.82, 2.24) is 4.90 Å². The average Bonchev–Trinajstić information content (AvgIpc) is 1.95. The van der Waals surface area contributed by atoms with Gasteiger partial charge in [0.1, 0.15) is 0 Å². The molecule has 78 valence electrons. The van der Waals surface area contributed by atoms with Gasteiger partial charge in [0.05, 0.1) is 5.60 Å². The summed E-state index contributed by atoms with van der Waals surface area (Å²) in [4.78, 5) is 2.20. The summed E-state index contributed by atoms with van der Waals surface area (Å²) in [5.74, 6) is 0.712. The van der Waals surface area contributed by atoms with Crippen LogP contribution < -0.4 is 0 Å². The molecule has 0 aliphatic carbocycles. The Morgan fingerprint density at radius 3 is 2.38 bits per heavy atom. The Balaban J connectivity index is 2.27. The van der Waals surface area contributed by atoms with Crippen molar-refractivity contribution in [3.63, 3.8) is 0 Å². The standard InChI is InChI=1S/C10H21NO2/c1-8(2)10(3,13)7-11-4-9(5-11)6-12/h8-9,12-13H,4-7H2,1-3H3. The van der Waals surface area contributed by atoms with E-state index in [1.165, 1.54) is 0 Å². The molecular formula is C10H21NO2. The first-order valence-corrected chi connectivity index (χ1v) is 5.01. The maximum absolute atomic E-state index is 9.98. The number of hydrogen-bond acceptors (Lipinski definition) is 3. The van der Waals surface area contributed by atoms with Gasteiger partial charge in [-0.15, -0.1) is 0 Å². The number of likely N-dealkylation sites (tertiary alicyclic amines) is 1. The second-order valence-electron chi connectivity index (χ2n) is 4.75. The van der Waals surface area contributed by atoms with Gasteiger partial charge in [-0.1, -0.05) is 13.8 Å². The first-order chi connectivity index (χ1) is 5.95. The monoisotopic (exact) mass is 187 g/mol. The highest BCUT2D eigenvalue weighted by molar-refractivity contribution is 4.87. The molecule has 3 nitrogen and oxygen atoms in total. The summed E-state index contributed by atoms with van der Waals surface area (Å²) < 4.78 is 0. The molecule has 1 rings (SSSR count). The zero-order valence-electron chi connectivity index (χ0n) is 8.82. The van der Waals surface area contributed by atoms with Gasteiger partial charge in [0.15, 0.2) is 0 Å². The molecule has 1 unspecified atom stereocenters. The van der Waals surface area contributed by atoms with Crippen molar-refractivity contribution in [3.05, 3.63) is 0 Å². The van der Waals surface area contributed by atoms with Crippen molar-refractivity contribution < 1.29 is 10.2 Å². The van der Waals surface area contributed by atoms with Crippen LogP contribution in [0.25, 0.3) is 0 Å². The van der Waals surface area contributed by atoms with Crippen LogP contribution >= 0.6 is 0 Å². The molecule has 1 saturated heterocycles. The van der Waals surface area contributed by atoms with Crippen LogP contribution in [0.2, 0.25) is 0 Å². The maximum Gasteiger partial charge on any atom is 0.0768 e. The molecule has 0 aromatic heterocycles. The Morgan fingerprint density at radius 1 is 1.46 bits per heavy atom. The highest BCUT2D eigenvalue weighted by atomic mass is 16.3. The number of nitrogens with zero attached hydrogens (tertiary/aromatic N) is 1. The lowest BCUT2D eigenvalue weighted by Gasteiger charge is -2.43. The molecule has 1 atom stereocenters. The van der Waals surface area contributed by atoms with Gasteiger partial charge in [-0.3, -0.25) is 4.90 Å². The molecule has 0 amide bonds. The lowest BCUT2D eigenvalue weighted by molar-refractivity contribution is -0.0550. The van der Waals surface area contributed by atoms with E-state index in [1.54, 1.807) is 0 Å². The van der Waals surface area contributed by atoms with Crippen LogP contribution in [0.5, 0.6) is 0 Å². The quantitative estimate of drug-likeness (QED) is 0.666. The average molecular weight is 187 g/mol. The molecule has 3 heteroatoms. The van der Waals surface area contributed by atoms with Crippen molar-refractivity contribution in [3.8, 4) is 0 Å². The summed E-state index contributed by atoms with van der Waals surface area (Å²) in [5, 5.41) is 18.8. The second-order valence-corrected chi connectivity index (χ2v) is 4.75. The van der Waals surface area contributed by atoms with Crippen molar-refractivity contribution >= 4 is 0 Å². The topological polar surface area (TPSA) is 43.7 Å². The van der Waals surface area contributed by atoms with Crippen LogP contribution in [0, 0.1) is 11.8 Å². The first kappa shape index (κ1) is 11.0. The van der Waals surface area contributed by atoms with E-state index in [2.05, 4.69) is 4.90 Å². The summed E-state index contributed by atoms with van der Waals surface area (Å²) in [6.45, 7) is 8.80. The van der Waals surface area contributed by atoms with Gasteiger partial charge in [-0.25, -0.2) is 0 Å². The predicted molar refractivity (Wildman–Crippen MR) is 52.5 cm³/mol. The molecule has 1 aliphatic heterocycles. The van der Waals surface area contributed by atoms with Gasteiger partial charge in [0, 0.05) is 32.2 Å². The minimum atomic E-state index is -0.597. The van der Waals surface area contributed by atoms with Crippen LogP contribution in [0.4, 0.5) is 0 Å². The smallest absolute Gasteiger partial charge is 0.0768 e. The number of rotatable bonds is 4. The van der Waals surface area contributed by atoms with Gasteiger partial charge in [0.2, 0.25) is 0 Å². The van der Waals surface area contributed by atoms with Crippen molar-refractivity contribution in [2.24, 2.45) is 11.8 Å². The van der Waals surface area contributed by atoms with Crippen LogP contribution in [-0.2, 0) is 0 Å². The third-order valence-corrected chi connectivity index (χ3v) is 3.08. The normalized spacial score (nSPS) is 24.5. The van der Waals surface area contributed by atoms with Crippen LogP contribution in [0.15, 0.2) is 0 Å². The summed E-state index contributed by atoms with van der Waals surface area (Å²) in [5.41, 5.74) is -0.597. The van der Waals surface area contributed by atoms with Crippen LogP contribution in [0.1, 0.15) is 20.8 Å². The Hall–Kier alpha value is -0.120. The zero-order chi connectivity index (χ0) is 10.1. The summed E-state index contributed by atoms with van der Waals surface area (Å²) in [6.07, 6.45) is 0. The fourth-order valence-electron chi connectivity index (χ4n) is 1.56. The lowest BCUT2D eigenvalue weighted by Crippen LogP contribution is -2.55. The van der Waals surface area contributed by atoms with Gasteiger partial charge in [-0.2, -0.15) is 0 Å². The van der Waals surface area contributed by atoms with Crippen molar-refractivity contribution in [2.75, 3.05) is 26.2 Å². The highest BCUT2D eigenvalue weighted by Gasteiger charge is 2.33. The molecule has 1 aliphatic rings. The maximum atomic E-state index is 9.98. The second kappa shape index (κ2) is 3.95. The van der Waals surface area contributed by atoms with Crippen LogP contribution in [-0.4, -0.2) is 47.0 Å². The molecular weight excluding hydrogens is 166 g/mol. The fourth-order valence-corrected chi connectivity index (χ4v) is 1.56. The number of β-amino-alcohol motifs (C(OH)–C–C–N with tert-alkyl or cyclic N) is 1. The van der Waals surface area contributed by atoms with Crippen molar-refractivity contribution in [2.45, 2.75) is 26.4 Å². The van der Waals surface area contributed by atoms with E-state index >= 15 is 0 Å².